The lowest BCUT2D eigenvalue weighted by Crippen LogP contribution is -2.05. The fourth-order valence-electron chi connectivity index (χ4n) is 1.82. The second-order valence-electron chi connectivity index (χ2n) is 4.30. The zero-order valence-corrected chi connectivity index (χ0v) is 10.6. The first kappa shape index (κ1) is 12.2. The number of nitrogens with zero attached hydrogens (tertiary/aromatic N) is 2. The number of benzene rings is 1. The molecule has 1 N–H and O–H groups in total. The first-order valence-corrected chi connectivity index (χ1v) is 5.63. The van der Waals surface area contributed by atoms with Gasteiger partial charge in [0.15, 0.2) is 0 Å². The van der Waals surface area contributed by atoms with Gasteiger partial charge < -0.3 is 5.11 Å². The predicted octanol–water partition coefficient (Wildman–Crippen LogP) is 2.77. The van der Waals surface area contributed by atoms with Crippen molar-refractivity contribution in [3.63, 3.8) is 0 Å². The van der Waals surface area contributed by atoms with E-state index in [2.05, 4.69) is 9.97 Å². The highest BCUT2D eigenvalue weighted by Gasteiger charge is 2.16. The van der Waals surface area contributed by atoms with Gasteiger partial charge in [-0.05, 0) is 32.4 Å². The molecule has 1 aromatic carbocycles. The number of aromatic nitrogens is 2. The summed E-state index contributed by atoms with van der Waals surface area (Å²) in [6, 6.07) is 5.91. The highest BCUT2D eigenvalue weighted by Crippen LogP contribution is 2.25. The van der Waals surface area contributed by atoms with E-state index in [0.29, 0.717) is 11.5 Å². The van der Waals surface area contributed by atoms with Gasteiger partial charge in [0.1, 0.15) is 11.4 Å². The summed E-state index contributed by atoms with van der Waals surface area (Å²) >= 11 is 0. The molecule has 0 fully saturated rings. The number of hydrogen-bond acceptors (Lipinski definition) is 3. The molecule has 0 atom stereocenters. The standard InChI is InChI=1S/C14H14N2O2/c1-8-4-5-9(2)11(6-8)13-12(14(17)18)7-15-10(3)16-13/h4-7H,1-3H3,(H,17,18). The van der Waals surface area contributed by atoms with Gasteiger partial charge in [-0.25, -0.2) is 14.8 Å². The van der Waals surface area contributed by atoms with Gasteiger partial charge in [-0.1, -0.05) is 17.7 Å². The Morgan fingerprint density at radius 3 is 2.61 bits per heavy atom. The zero-order valence-electron chi connectivity index (χ0n) is 10.6. The van der Waals surface area contributed by atoms with Crippen molar-refractivity contribution in [1.82, 2.24) is 9.97 Å². The van der Waals surface area contributed by atoms with Crippen LogP contribution in [0.2, 0.25) is 0 Å². The summed E-state index contributed by atoms with van der Waals surface area (Å²) < 4.78 is 0. The van der Waals surface area contributed by atoms with Gasteiger partial charge in [0.25, 0.3) is 0 Å². The monoisotopic (exact) mass is 242 g/mol. The number of carboxylic acid groups (broad SMARTS) is 1. The number of aryl methyl sites for hydroxylation is 3. The van der Waals surface area contributed by atoms with Crippen LogP contribution in [0.1, 0.15) is 27.3 Å². The third kappa shape index (κ3) is 2.22. The minimum Gasteiger partial charge on any atom is -0.478 e. The SMILES string of the molecule is Cc1ccc(C)c(-c2nc(C)ncc2C(=O)O)c1. The van der Waals surface area contributed by atoms with Crippen LogP contribution in [0.4, 0.5) is 0 Å². The van der Waals surface area contributed by atoms with E-state index in [9.17, 15) is 9.90 Å². The lowest BCUT2D eigenvalue weighted by Gasteiger charge is -2.09. The van der Waals surface area contributed by atoms with Gasteiger partial charge in [-0.15, -0.1) is 0 Å². The van der Waals surface area contributed by atoms with Crippen LogP contribution in [0.25, 0.3) is 11.3 Å². The first-order chi connectivity index (χ1) is 8.49. The zero-order chi connectivity index (χ0) is 13.3. The lowest BCUT2D eigenvalue weighted by atomic mass is 10.00. The van der Waals surface area contributed by atoms with Gasteiger partial charge in [0, 0.05) is 11.8 Å². The fraction of sp³-hybridized carbons (Fsp3) is 0.214. The second-order valence-corrected chi connectivity index (χ2v) is 4.30. The molecule has 0 amide bonds. The van der Waals surface area contributed by atoms with Crippen molar-refractivity contribution in [2.24, 2.45) is 0 Å². The predicted molar refractivity (Wildman–Crippen MR) is 68.6 cm³/mol. The molecule has 0 aliphatic heterocycles. The second kappa shape index (κ2) is 4.56. The molecule has 2 aromatic rings. The van der Waals surface area contributed by atoms with E-state index in [1.54, 1.807) is 6.92 Å². The summed E-state index contributed by atoms with van der Waals surface area (Å²) in [5.41, 5.74) is 3.54. The summed E-state index contributed by atoms with van der Waals surface area (Å²) in [5.74, 6) is -0.443. The van der Waals surface area contributed by atoms with Gasteiger partial charge in [0.05, 0.1) is 5.69 Å². The van der Waals surface area contributed by atoms with Crippen LogP contribution in [0.5, 0.6) is 0 Å². The molecule has 0 spiro atoms. The number of aromatic carboxylic acids is 1. The molecule has 4 nitrogen and oxygen atoms in total. The quantitative estimate of drug-likeness (QED) is 0.879. The molecule has 92 valence electrons. The maximum absolute atomic E-state index is 11.2. The molecular weight excluding hydrogens is 228 g/mol. The Labute approximate surface area is 105 Å². The van der Waals surface area contributed by atoms with Crippen molar-refractivity contribution < 1.29 is 9.90 Å². The van der Waals surface area contributed by atoms with Crippen LogP contribution in [0, 0.1) is 20.8 Å². The minimum atomic E-state index is -1.01. The van der Waals surface area contributed by atoms with Crippen LogP contribution in [-0.4, -0.2) is 21.0 Å². The maximum atomic E-state index is 11.2. The summed E-state index contributed by atoms with van der Waals surface area (Å²) in [6.07, 6.45) is 1.36. The molecule has 0 unspecified atom stereocenters. The highest BCUT2D eigenvalue weighted by molar-refractivity contribution is 5.94. The molecule has 18 heavy (non-hydrogen) atoms. The van der Waals surface area contributed by atoms with Crippen molar-refractivity contribution in [3.8, 4) is 11.3 Å². The third-order valence-corrected chi connectivity index (χ3v) is 2.79. The summed E-state index contributed by atoms with van der Waals surface area (Å²) in [7, 11) is 0. The van der Waals surface area contributed by atoms with Crippen molar-refractivity contribution in [2.45, 2.75) is 20.8 Å². The summed E-state index contributed by atoms with van der Waals surface area (Å²) in [4.78, 5) is 19.4. The molecule has 0 saturated heterocycles. The Balaban J connectivity index is 2.73. The van der Waals surface area contributed by atoms with Crippen molar-refractivity contribution >= 4 is 5.97 Å². The first-order valence-electron chi connectivity index (χ1n) is 5.63. The van der Waals surface area contributed by atoms with Crippen molar-refractivity contribution in [2.75, 3.05) is 0 Å². The highest BCUT2D eigenvalue weighted by atomic mass is 16.4. The van der Waals surface area contributed by atoms with Gasteiger partial charge in [-0.2, -0.15) is 0 Å². The van der Waals surface area contributed by atoms with Crippen LogP contribution in [-0.2, 0) is 0 Å². The van der Waals surface area contributed by atoms with E-state index in [4.69, 9.17) is 0 Å². The topological polar surface area (TPSA) is 63.1 Å². The Hall–Kier alpha value is -2.23. The summed E-state index contributed by atoms with van der Waals surface area (Å²) in [5, 5.41) is 9.20. The van der Waals surface area contributed by atoms with Crippen LogP contribution in [0.15, 0.2) is 24.4 Å². The molecule has 2 rings (SSSR count). The minimum absolute atomic E-state index is 0.134. The Morgan fingerprint density at radius 1 is 1.22 bits per heavy atom. The van der Waals surface area contributed by atoms with Crippen LogP contribution >= 0.6 is 0 Å². The van der Waals surface area contributed by atoms with E-state index in [1.807, 2.05) is 32.0 Å². The van der Waals surface area contributed by atoms with Crippen molar-refractivity contribution in [1.29, 1.82) is 0 Å². The van der Waals surface area contributed by atoms with Gasteiger partial charge in [0.2, 0.25) is 0 Å². The van der Waals surface area contributed by atoms with Crippen LogP contribution < -0.4 is 0 Å². The van der Waals surface area contributed by atoms with Gasteiger partial charge >= 0.3 is 5.97 Å². The van der Waals surface area contributed by atoms with Crippen LogP contribution in [0.3, 0.4) is 0 Å². The molecule has 0 radical (unpaired) electrons. The van der Waals surface area contributed by atoms with Crippen molar-refractivity contribution in [3.05, 3.63) is 46.9 Å². The van der Waals surface area contributed by atoms with E-state index < -0.39 is 5.97 Å². The molecular formula is C14H14N2O2. The number of carbonyl (C=O) groups is 1. The molecule has 0 aliphatic carbocycles. The largest absolute Gasteiger partial charge is 0.478 e. The number of rotatable bonds is 2. The molecule has 4 heteroatoms. The smallest absolute Gasteiger partial charge is 0.339 e. The lowest BCUT2D eigenvalue weighted by molar-refractivity contribution is 0.0697. The average molecular weight is 242 g/mol. The Kier molecular flexibility index (Phi) is 3.10. The van der Waals surface area contributed by atoms with E-state index >= 15 is 0 Å². The number of carboxylic acids is 1. The normalized spacial score (nSPS) is 10.4. The third-order valence-electron chi connectivity index (χ3n) is 2.79. The fourth-order valence-corrected chi connectivity index (χ4v) is 1.82. The summed E-state index contributed by atoms with van der Waals surface area (Å²) in [6.45, 7) is 5.66. The molecule has 0 saturated carbocycles. The molecule has 0 aliphatic rings. The maximum Gasteiger partial charge on any atom is 0.339 e. The molecule has 1 heterocycles. The Bertz CT molecular complexity index is 621. The van der Waals surface area contributed by atoms with Gasteiger partial charge in [-0.3, -0.25) is 0 Å². The van der Waals surface area contributed by atoms with E-state index in [-0.39, 0.29) is 5.56 Å². The Morgan fingerprint density at radius 2 is 1.94 bits per heavy atom. The molecule has 0 bridgehead atoms. The van der Waals surface area contributed by atoms with E-state index in [0.717, 1.165) is 16.7 Å². The number of hydrogen-bond donors (Lipinski definition) is 1. The van der Waals surface area contributed by atoms with E-state index in [1.165, 1.54) is 6.20 Å². The molecule has 1 aromatic heterocycles. The average Bonchev–Trinajstić information content (AvgIpc) is 2.31.